The molecule has 1 heterocycles. The number of rotatable bonds is 2. The number of carbonyl (C=O) groups is 1. The van der Waals surface area contributed by atoms with E-state index in [0.717, 1.165) is 0 Å². The Bertz CT molecular complexity index is 653. The number of benzene rings is 1. The molecule has 2 rings (SSSR count). The smallest absolute Gasteiger partial charge is 0.373 e. The number of halogens is 2. The standard InChI is InChI=1S/C14H13BrFNO3/c1-14(2,3)11-10(13(18)19)20-12(17-11)9-7(15)5-4-6-8(9)16/h4-6H,1-3H3,(H,18,19). The molecule has 0 aliphatic heterocycles. The molecule has 1 aromatic carbocycles. The van der Waals surface area contributed by atoms with Crippen LogP contribution in [0, 0.1) is 5.82 Å². The van der Waals surface area contributed by atoms with Crippen LogP contribution in [0.1, 0.15) is 37.0 Å². The van der Waals surface area contributed by atoms with Crippen LogP contribution in [-0.2, 0) is 5.41 Å². The van der Waals surface area contributed by atoms with Crippen molar-refractivity contribution in [3.05, 3.63) is 39.9 Å². The maximum atomic E-state index is 13.9. The Morgan fingerprint density at radius 1 is 1.40 bits per heavy atom. The zero-order valence-electron chi connectivity index (χ0n) is 11.2. The highest BCUT2D eigenvalue weighted by molar-refractivity contribution is 9.10. The number of oxazole rings is 1. The topological polar surface area (TPSA) is 63.3 Å². The van der Waals surface area contributed by atoms with Gasteiger partial charge in [0.2, 0.25) is 11.7 Å². The first-order chi connectivity index (χ1) is 9.21. The summed E-state index contributed by atoms with van der Waals surface area (Å²) in [5.41, 5.74) is -0.117. The van der Waals surface area contributed by atoms with Crippen molar-refractivity contribution in [3.8, 4) is 11.5 Å². The summed E-state index contributed by atoms with van der Waals surface area (Å²) >= 11 is 3.22. The van der Waals surface area contributed by atoms with E-state index in [0.29, 0.717) is 4.47 Å². The van der Waals surface area contributed by atoms with Crippen LogP contribution in [0.5, 0.6) is 0 Å². The summed E-state index contributed by atoms with van der Waals surface area (Å²) in [5, 5.41) is 9.19. The molecule has 4 nitrogen and oxygen atoms in total. The largest absolute Gasteiger partial charge is 0.475 e. The fourth-order valence-electron chi connectivity index (χ4n) is 1.78. The second kappa shape index (κ2) is 5.01. The molecule has 0 saturated carbocycles. The van der Waals surface area contributed by atoms with Gasteiger partial charge in [-0.25, -0.2) is 14.2 Å². The average Bonchev–Trinajstić information content (AvgIpc) is 2.73. The lowest BCUT2D eigenvalue weighted by Gasteiger charge is -2.14. The Balaban J connectivity index is 2.69. The quantitative estimate of drug-likeness (QED) is 0.887. The van der Waals surface area contributed by atoms with Crippen molar-refractivity contribution in [2.75, 3.05) is 0 Å². The van der Waals surface area contributed by atoms with E-state index in [1.807, 2.05) is 20.8 Å². The van der Waals surface area contributed by atoms with Crippen LogP contribution in [0.3, 0.4) is 0 Å². The van der Waals surface area contributed by atoms with Gasteiger partial charge in [0.25, 0.3) is 0 Å². The molecule has 0 unspecified atom stereocenters. The molecule has 0 amide bonds. The van der Waals surface area contributed by atoms with Crippen LogP contribution in [0.4, 0.5) is 4.39 Å². The van der Waals surface area contributed by atoms with Crippen molar-refractivity contribution in [1.82, 2.24) is 4.98 Å². The molecule has 106 valence electrons. The van der Waals surface area contributed by atoms with E-state index in [4.69, 9.17) is 4.42 Å². The molecule has 0 radical (unpaired) electrons. The monoisotopic (exact) mass is 341 g/mol. The maximum Gasteiger partial charge on any atom is 0.373 e. The third kappa shape index (κ3) is 2.60. The normalized spacial score (nSPS) is 11.7. The van der Waals surface area contributed by atoms with Crippen molar-refractivity contribution in [2.24, 2.45) is 0 Å². The number of carboxylic acids is 1. The van der Waals surface area contributed by atoms with E-state index in [2.05, 4.69) is 20.9 Å². The number of carboxylic acid groups (broad SMARTS) is 1. The molecule has 2 aromatic rings. The summed E-state index contributed by atoms with van der Waals surface area (Å²) in [7, 11) is 0. The molecule has 1 N–H and O–H groups in total. The van der Waals surface area contributed by atoms with E-state index in [1.54, 1.807) is 6.07 Å². The van der Waals surface area contributed by atoms with Gasteiger partial charge in [-0.05, 0) is 28.1 Å². The van der Waals surface area contributed by atoms with Gasteiger partial charge in [-0.3, -0.25) is 0 Å². The molecule has 0 spiro atoms. The predicted octanol–water partition coefficient (Wildman–Crippen LogP) is 4.24. The molecular formula is C14H13BrFNO3. The molecule has 0 saturated heterocycles. The fraction of sp³-hybridized carbons (Fsp3) is 0.286. The summed E-state index contributed by atoms with van der Waals surface area (Å²) in [6, 6.07) is 4.44. The Kier molecular flexibility index (Phi) is 3.69. The SMILES string of the molecule is CC(C)(C)c1nc(-c2c(F)cccc2Br)oc1C(=O)O. The minimum absolute atomic E-state index is 0.0442. The minimum atomic E-state index is -1.22. The summed E-state index contributed by atoms with van der Waals surface area (Å²) in [5.74, 6) is -2.06. The maximum absolute atomic E-state index is 13.9. The van der Waals surface area contributed by atoms with Crippen LogP contribution in [0.2, 0.25) is 0 Å². The second-order valence-electron chi connectivity index (χ2n) is 5.35. The zero-order chi connectivity index (χ0) is 15.1. The number of hydrogen-bond donors (Lipinski definition) is 1. The van der Waals surface area contributed by atoms with Crippen molar-refractivity contribution in [1.29, 1.82) is 0 Å². The van der Waals surface area contributed by atoms with Gasteiger partial charge in [-0.15, -0.1) is 0 Å². The Hall–Kier alpha value is -1.69. The van der Waals surface area contributed by atoms with Crippen LogP contribution in [-0.4, -0.2) is 16.1 Å². The number of nitrogens with zero attached hydrogens (tertiary/aromatic N) is 1. The van der Waals surface area contributed by atoms with Crippen molar-refractivity contribution >= 4 is 21.9 Å². The van der Waals surface area contributed by atoms with Crippen molar-refractivity contribution in [3.63, 3.8) is 0 Å². The van der Waals surface area contributed by atoms with Crippen LogP contribution >= 0.6 is 15.9 Å². The van der Waals surface area contributed by atoms with Crippen LogP contribution in [0.25, 0.3) is 11.5 Å². The van der Waals surface area contributed by atoms with E-state index in [-0.39, 0.29) is 22.9 Å². The third-order valence-electron chi connectivity index (χ3n) is 2.71. The zero-order valence-corrected chi connectivity index (χ0v) is 12.8. The third-order valence-corrected chi connectivity index (χ3v) is 3.37. The highest BCUT2D eigenvalue weighted by Gasteiger charge is 2.30. The molecule has 6 heteroatoms. The first kappa shape index (κ1) is 14.7. The summed E-state index contributed by atoms with van der Waals surface area (Å²) in [6.07, 6.45) is 0. The highest BCUT2D eigenvalue weighted by Crippen LogP contribution is 2.34. The Morgan fingerprint density at radius 2 is 2.05 bits per heavy atom. The lowest BCUT2D eigenvalue weighted by Crippen LogP contribution is -2.16. The molecule has 0 aliphatic carbocycles. The molecular weight excluding hydrogens is 329 g/mol. The van der Waals surface area contributed by atoms with E-state index in [1.165, 1.54) is 12.1 Å². The lowest BCUT2D eigenvalue weighted by atomic mass is 9.91. The minimum Gasteiger partial charge on any atom is -0.475 e. The molecule has 1 aromatic heterocycles. The first-order valence-electron chi connectivity index (χ1n) is 5.91. The second-order valence-corrected chi connectivity index (χ2v) is 6.20. The van der Waals surface area contributed by atoms with Gasteiger partial charge in [0.15, 0.2) is 0 Å². The van der Waals surface area contributed by atoms with Gasteiger partial charge in [0.1, 0.15) is 11.5 Å². The van der Waals surface area contributed by atoms with Gasteiger partial charge in [-0.1, -0.05) is 26.8 Å². The van der Waals surface area contributed by atoms with E-state index < -0.39 is 17.2 Å². The van der Waals surface area contributed by atoms with Crippen LogP contribution < -0.4 is 0 Å². The Labute approximate surface area is 123 Å². The molecule has 0 aliphatic rings. The average molecular weight is 342 g/mol. The van der Waals surface area contributed by atoms with Crippen molar-refractivity contribution < 1.29 is 18.7 Å². The number of hydrogen-bond acceptors (Lipinski definition) is 3. The summed E-state index contributed by atoms with van der Waals surface area (Å²) < 4.78 is 19.6. The van der Waals surface area contributed by atoms with Gasteiger partial charge in [0, 0.05) is 9.89 Å². The fourth-order valence-corrected chi connectivity index (χ4v) is 2.29. The Morgan fingerprint density at radius 3 is 2.50 bits per heavy atom. The summed E-state index contributed by atoms with van der Waals surface area (Å²) in [6.45, 7) is 5.45. The van der Waals surface area contributed by atoms with Gasteiger partial charge < -0.3 is 9.52 Å². The summed E-state index contributed by atoms with van der Waals surface area (Å²) in [4.78, 5) is 15.4. The van der Waals surface area contributed by atoms with Gasteiger partial charge in [0.05, 0.1) is 5.56 Å². The van der Waals surface area contributed by atoms with Crippen LogP contribution in [0.15, 0.2) is 27.1 Å². The molecule has 0 atom stereocenters. The molecule has 0 fully saturated rings. The molecule has 20 heavy (non-hydrogen) atoms. The first-order valence-corrected chi connectivity index (χ1v) is 6.70. The predicted molar refractivity (Wildman–Crippen MR) is 75.3 cm³/mol. The van der Waals surface area contributed by atoms with Gasteiger partial charge >= 0.3 is 5.97 Å². The van der Waals surface area contributed by atoms with E-state index >= 15 is 0 Å². The van der Waals surface area contributed by atoms with E-state index in [9.17, 15) is 14.3 Å². The molecule has 0 bridgehead atoms. The number of aromatic nitrogens is 1. The highest BCUT2D eigenvalue weighted by atomic mass is 79.9. The van der Waals surface area contributed by atoms with Crippen molar-refractivity contribution in [2.45, 2.75) is 26.2 Å². The number of aromatic carboxylic acids is 1. The lowest BCUT2D eigenvalue weighted by molar-refractivity contribution is 0.0659. The van der Waals surface area contributed by atoms with Gasteiger partial charge in [-0.2, -0.15) is 0 Å².